The molecule has 2 heterocycles. The molecule has 1 N–H and O–H groups in total. The maximum absolute atomic E-state index is 12.6. The third-order valence-corrected chi connectivity index (χ3v) is 4.49. The lowest BCUT2D eigenvalue weighted by molar-refractivity contribution is -0.137. The smallest absolute Gasteiger partial charge is 0.305 e. The molecule has 1 fully saturated rings. The summed E-state index contributed by atoms with van der Waals surface area (Å²) in [5.41, 5.74) is 0.704. The summed E-state index contributed by atoms with van der Waals surface area (Å²) in [5, 5.41) is 9.69. The third kappa shape index (κ3) is 4.25. The zero-order valence-corrected chi connectivity index (χ0v) is 13.1. The van der Waals surface area contributed by atoms with Crippen LogP contribution >= 0.6 is 11.3 Å². The van der Waals surface area contributed by atoms with Crippen LogP contribution < -0.4 is 0 Å². The van der Waals surface area contributed by atoms with Crippen molar-refractivity contribution in [1.29, 1.82) is 0 Å². The first-order valence-corrected chi connectivity index (χ1v) is 7.85. The molecule has 1 unspecified atom stereocenters. The highest BCUT2D eigenvalue weighted by molar-refractivity contribution is 7.13. The number of hydrogen-bond donors (Lipinski definition) is 1. The summed E-state index contributed by atoms with van der Waals surface area (Å²) < 4.78 is 5.56. The van der Waals surface area contributed by atoms with Crippen molar-refractivity contribution in [2.75, 3.05) is 19.7 Å². The van der Waals surface area contributed by atoms with E-state index in [0.717, 1.165) is 17.8 Å². The van der Waals surface area contributed by atoms with Gasteiger partial charge in [-0.3, -0.25) is 9.59 Å². The average molecular weight is 312 g/mol. The normalized spacial score (nSPS) is 17.9. The van der Waals surface area contributed by atoms with Gasteiger partial charge in [0.05, 0.1) is 23.2 Å². The van der Waals surface area contributed by atoms with E-state index in [4.69, 9.17) is 9.84 Å². The van der Waals surface area contributed by atoms with E-state index in [1.54, 1.807) is 11.8 Å². The van der Waals surface area contributed by atoms with Gasteiger partial charge in [0, 0.05) is 19.7 Å². The van der Waals surface area contributed by atoms with Gasteiger partial charge in [-0.2, -0.15) is 0 Å². The second-order valence-corrected chi connectivity index (χ2v) is 6.38. The van der Waals surface area contributed by atoms with Crippen LogP contribution in [0.25, 0.3) is 0 Å². The van der Waals surface area contributed by atoms with Crippen LogP contribution in [0.2, 0.25) is 0 Å². The predicted molar refractivity (Wildman–Crippen MR) is 78.7 cm³/mol. The van der Waals surface area contributed by atoms with Crippen molar-refractivity contribution < 1.29 is 19.4 Å². The number of carboxylic acid groups (broad SMARTS) is 1. The van der Waals surface area contributed by atoms with Crippen LogP contribution in [0.3, 0.4) is 0 Å². The number of rotatable bonds is 6. The lowest BCUT2D eigenvalue weighted by atomic mass is 10.2. The Morgan fingerprint density at radius 1 is 1.48 bits per heavy atom. The largest absolute Gasteiger partial charge is 0.481 e. The first-order valence-electron chi connectivity index (χ1n) is 7.04. The number of thiazole rings is 1. The van der Waals surface area contributed by atoms with E-state index in [9.17, 15) is 9.59 Å². The number of hydrogen-bond acceptors (Lipinski definition) is 5. The van der Waals surface area contributed by atoms with Crippen molar-refractivity contribution >= 4 is 23.2 Å². The van der Waals surface area contributed by atoms with Gasteiger partial charge in [-0.25, -0.2) is 4.98 Å². The highest BCUT2D eigenvalue weighted by Crippen LogP contribution is 2.21. The van der Waals surface area contributed by atoms with Crippen molar-refractivity contribution in [3.05, 3.63) is 15.6 Å². The van der Waals surface area contributed by atoms with Crippen molar-refractivity contribution in [3.63, 3.8) is 0 Å². The third-order valence-electron chi connectivity index (χ3n) is 3.43. The van der Waals surface area contributed by atoms with E-state index in [1.807, 2.05) is 6.92 Å². The van der Waals surface area contributed by atoms with Gasteiger partial charge in [-0.1, -0.05) is 0 Å². The monoisotopic (exact) mass is 312 g/mol. The van der Waals surface area contributed by atoms with E-state index in [1.165, 1.54) is 11.3 Å². The number of ether oxygens (including phenoxy) is 1. The molecule has 0 spiro atoms. The highest BCUT2D eigenvalue weighted by Gasteiger charge is 2.26. The molecule has 116 valence electrons. The van der Waals surface area contributed by atoms with Gasteiger partial charge in [-0.15, -0.1) is 11.3 Å². The van der Waals surface area contributed by atoms with E-state index in [0.29, 0.717) is 23.7 Å². The first-order chi connectivity index (χ1) is 9.97. The number of aryl methyl sites for hydroxylation is 2. The van der Waals surface area contributed by atoms with Gasteiger partial charge in [0.1, 0.15) is 4.88 Å². The van der Waals surface area contributed by atoms with E-state index in [2.05, 4.69) is 4.98 Å². The molecule has 1 aromatic heterocycles. The standard InChI is InChI=1S/C14H20N2O4S/c1-9-13(21-10(2)15-9)14(19)16(6-5-12(17)18)8-11-4-3-7-20-11/h11H,3-8H2,1-2H3,(H,17,18). The molecule has 0 saturated carbocycles. The van der Waals surface area contributed by atoms with Crippen molar-refractivity contribution in [2.45, 2.75) is 39.2 Å². The number of nitrogens with zero attached hydrogens (tertiary/aromatic N) is 2. The lowest BCUT2D eigenvalue weighted by Crippen LogP contribution is -2.38. The fraction of sp³-hybridized carbons (Fsp3) is 0.643. The Hall–Kier alpha value is -1.47. The van der Waals surface area contributed by atoms with Crippen LogP contribution in [-0.4, -0.2) is 52.7 Å². The fourth-order valence-electron chi connectivity index (χ4n) is 2.41. The lowest BCUT2D eigenvalue weighted by Gasteiger charge is -2.24. The van der Waals surface area contributed by atoms with Crippen LogP contribution in [-0.2, 0) is 9.53 Å². The van der Waals surface area contributed by atoms with Crippen LogP contribution in [0.5, 0.6) is 0 Å². The van der Waals surface area contributed by atoms with Crippen LogP contribution in [0, 0.1) is 13.8 Å². The Labute approximate surface area is 127 Å². The van der Waals surface area contributed by atoms with Gasteiger partial charge >= 0.3 is 5.97 Å². The molecule has 1 saturated heterocycles. The second-order valence-electron chi connectivity index (χ2n) is 5.18. The quantitative estimate of drug-likeness (QED) is 0.867. The molecular weight excluding hydrogens is 292 g/mol. The molecular formula is C14H20N2O4S. The van der Waals surface area contributed by atoms with Gasteiger partial charge in [0.15, 0.2) is 0 Å². The summed E-state index contributed by atoms with van der Waals surface area (Å²) in [7, 11) is 0. The Balaban J connectivity index is 2.10. The number of carbonyl (C=O) groups is 2. The topological polar surface area (TPSA) is 79.7 Å². The predicted octanol–water partition coefficient (Wildman–Crippen LogP) is 1.86. The zero-order chi connectivity index (χ0) is 15.4. The Morgan fingerprint density at radius 2 is 2.24 bits per heavy atom. The molecule has 1 aliphatic heterocycles. The Kier molecular flexibility index (Phi) is 5.30. The van der Waals surface area contributed by atoms with Gasteiger partial charge < -0.3 is 14.7 Å². The van der Waals surface area contributed by atoms with Crippen molar-refractivity contribution in [3.8, 4) is 0 Å². The zero-order valence-electron chi connectivity index (χ0n) is 12.3. The molecule has 0 bridgehead atoms. The van der Waals surface area contributed by atoms with Crippen LogP contribution in [0.1, 0.15) is 39.6 Å². The van der Waals surface area contributed by atoms with Crippen molar-refractivity contribution in [2.24, 2.45) is 0 Å². The molecule has 0 aliphatic carbocycles. The van der Waals surface area contributed by atoms with Gasteiger partial charge in [-0.05, 0) is 26.7 Å². The minimum Gasteiger partial charge on any atom is -0.481 e. The Bertz CT molecular complexity index is 523. The summed E-state index contributed by atoms with van der Waals surface area (Å²) in [4.78, 5) is 29.9. The van der Waals surface area contributed by atoms with E-state index >= 15 is 0 Å². The minimum absolute atomic E-state index is 0.0112. The summed E-state index contributed by atoms with van der Waals surface area (Å²) >= 11 is 1.35. The molecule has 6 nitrogen and oxygen atoms in total. The summed E-state index contributed by atoms with van der Waals surface area (Å²) in [5.74, 6) is -1.05. The number of amides is 1. The summed E-state index contributed by atoms with van der Waals surface area (Å²) in [6.45, 7) is 5.02. The average Bonchev–Trinajstić information content (AvgIpc) is 3.03. The number of carboxylic acids is 1. The molecule has 2 rings (SSSR count). The molecule has 21 heavy (non-hydrogen) atoms. The maximum atomic E-state index is 12.6. The SMILES string of the molecule is Cc1nc(C)c(C(=O)N(CCC(=O)O)CC2CCCO2)s1. The number of aromatic nitrogens is 1. The summed E-state index contributed by atoms with van der Waals surface area (Å²) in [6, 6.07) is 0. The molecule has 7 heteroatoms. The highest BCUT2D eigenvalue weighted by atomic mass is 32.1. The maximum Gasteiger partial charge on any atom is 0.305 e. The van der Waals surface area contributed by atoms with Gasteiger partial charge in [0.2, 0.25) is 0 Å². The Morgan fingerprint density at radius 3 is 2.76 bits per heavy atom. The molecule has 1 amide bonds. The second kappa shape index (κ2) is 7.00. The molecule has 1 aliphatic rings. The molecule has 0 radical (unpaired) electrons. The molecule has 1 aromatic rings. The summed E-state index contributed by atoms with van der Waals surface area (Å²) in [6.07, 6.45) is 1.86. The fourth-order valence-corrected chi connectivity index (χ4v) is 3.30. The molecule has 1 atom stereocenters. The minimum atomic E-state index is -0.905. The van der Waals surface area contributed by atoms with E-state index in [-0.39, 0.29) is 25.0 Å². The van der Waals surface area contributed by atoms with Gasteiger partial charge in [0.25, 0.3) is 5.91 Å². The van der Waals surface area contributed by atoms with Crippen LogP contribution in [0.4, 0.5) is 0 Å². The number of aliphatic carboxylic acids is 1. The molecule has 0 aromatic carbocycles. The van der Waals surface area contributed by atoms with Crippen molar-refractivity contribution in [1.82, 2.24) is 9.88 Å². The first kappa shape index (κ1) is 15.9. The van der Waals surface area contributed by atoms with Crippen LogP contribution in [0.15, 0.2) is 0 Å². The van der Waals surface area contributed by atoms with E-state index < -0.39 is 5.97 Å². The number of carbonyl (C=O) groups excluding carboxylic acids is 1.